The number of hydrogen-bond donors (Lipinski definition) is 2. The molecule has 3 fully saturated rings. The average molecular weight is 497 g/mol. The zero-order valence-corrected chi connectivity index (χ0v) is 19.7. The number of nitrogens with one attached hydrogen (secondary N) is 2. The van der Waals surface area contributed by atoms with Gasteiger partial charge in [0.15, 0.2) is 0 Å². The molecule has 3 saturated heterocycles. The van der Waals surface area contributed by atoms with Gasteiger partial charge in [0.25, 0.3) is 5.91 Å². The first kappa shape index (κ1) is 21.6. The standard InChI is InChI=1S/C25H29BrN4O2/c26-21-8-6-18(7-9-21)16-30-23(31)25(28-24(30)32)10-12-29(13-11-25)17-20-14-27-15-22(20)19-4-2-1-3-5-19/h1-9,20,22,27H,10-17H2,(H,28,32). The fourth-order valence-corrected chi connectivity index (χ4v) is 5.66. The second-order valence-electron chi connectivity index (χ2n) is 9.27. The molecular formula is C25H29BrN4O2. The van der Waals surface area contributed by atoms with E-state index in [4.69, 9.17) is 0 Å². The Morgan fingerprint density at radius 1 is 0.969 bits per heavy atom. The van der Waals surface area contributed by atoms with E-state index in [0.29, 0.717) is 31.2 Å². The van der Waals surface area contributed by atoms with Crippen molar-refractivity contribution in [2.75, 3.05) is 32.7 Å². The van der Waals surface area contributed by atoms with Gasteiger partial charge in [0.2, 0.25) is 0 Å². The molecule has 0 saturated carbocycles. The van der Waals surface area contributed by atoms with E-state index in [2.05, 4.69) is 61.8 Å². The highest BCUT2D eigenvalue weighted by Crippen LogP contribution is 2.33. The van der Waals surface area contributed by atoms with Gasteiger partial charge >= 0.3 is 6.03 Å². The molecule has 1 spiro atoms. The summed E-state index contributed by atoms with van der Waals surface area (Å²) in [5.41, 5.74) is 1.61. The molecule has 6 nitrogen and oxygen atoms in total. The van der Waals surface area contributed by atoms with Gasteiger partial charge < -0.3 is 15.5 Å². The fourth-order valence-electron chi connectivity index (χ4n) is 5.40. The van der Waals surface area contributed by atoms with Crippen LogP contribution in [0.3, 0.4) is 0 Å². The van der Waals surface area contributed by atoms with Crippen LogP contribution >= 0.6 is 15.9 Å². The zero-order chi connectivity index (χ0) is 22.1. The van der Waals surface area contributed by atoms with Crippen molar-refractivity contribution in [1.29, 1.82) is 0 Å². The molecule has 5 rings (SSSR count). The summed E-state index contributed by atoms with van der Waals surface area (Å²) in [6, 6.07) is 18.2. The SMILES string of the molecule is O=C1NC2(CCN(CC3CNCC3c3ccccc3)CC2)C(=O)N1Cc1ccc(Br)cc1. The number of benzene rings is 2. The van der Waals surface area contributed by atoms with Gasteiger partial charge in [0.1, 0.15) is 5.54 Å². The number of carbonyl (C=O) groups is 2. The molecule has 2 aromatic carbocycles. The Morgan fingerprint density at radius 3 is 2.41 bits per heavy atom. The zero-order valence-electron chi connectivity index (χ0n) is 18.1. The number of amides is 3. The van der Waals surface area contributed by atoms with Crippen molar-refractivity contribution in [2.45, 2.75) is 30.8 Å². The number of carbonyl (C=O) groups excluding carboxylic acids is 2. The molecule has 0 aliphatic carbocycles. The van der Waals surface area contributed by atoms with E-state index in [-0.39, 0.29) is 11.9 Å². The molecule has 0 bridgehead atoms. The topological polar surface area (TPSA) is 64.7 Å². The minimum Gasteiger partial charge on any atom is -0.323 e. The van der Waals surface area contributed by atoms with Crippen LogP contribution in [-0.4, -0.2) is 60.0 Å². The second-order valence-corrected chi connectivity index (χ2v) is 10.2. The molecule has 2 unspecified atom stereocenters. The van der Waals surface area contributed by atoms with E-state index in [1.54, 1.807) is 0 Å². The maximum Gasteiger partial charge on any atom is 0.325 e. The van der Waals surface area contributed by atoms with Crippen molar-refractivity contribution in [2.24, 2.45) is 5.92 Å². The number of likely N-dealkylation sites (tertiary alicyclic amines) is 1. The minimum absolute atomic E-state index is 0.0743. The lowest BCUT2D eigenvalue weighted by Crippen LogP contribution is -2.55. The van der Waals surface area contributed by atoms with Crippen LogP contribution in [-0.2, 0) is 11.3 Å². The van der Waals surface area contributed by atoms with Crippen LogP contribution in [0.15, 0.2) is 59.1 Å². The van der Waals surface area contributed by atoms with Crippen molar-refractivity contribution in [3.05, 3.63) is 70.2 Å². The molecule has 3 aliphatic rings. The number of rotatable bonds is 5. The smallest absolute Gasteiger partial charge is 0.323 e. The van der Waals surface area contributed by atoms with Crippen molar-refractivity contribution in [3.63, 3.8) is 0 Å². The van der Waals surface area contributed by atoms with Crippen molar-refractivity contribution >= 4 is 27.9 Å². The normalized spacial score (nSPS) is 25.5. The van der Waals surface area contributed by atoms with Crippen LogP contribution in [0.4, 0.5) is 4.79 Å². The molecule has 2 aromatic rings. The minimum atomic E-state index is -0.740. The van der Waals surface area contributed by atoms with Gasteiger partial charge in [-0.1, -0.05) is 58.4 Å². The number of imide groups is 1. The summed E-state index contributed by atoms with van der Waals surface area (Å²) in [7, 11) is 0. The molecule has 3 heterocycles. The molecular weight excluding hydrogens is 468 g/mol. The number of nitrogens with zero attached hydrogens (tertiary/aromatic N) is 2. The van der Waals surface area contributed by atoms with Gasteiger partial charge in [0.05, 0.1) is 6.54 Å². The maximum atomic E-state index is 13.3. The van der Waals surface area contributed by atoms with E-state index >= 15 is 0 Å². The predicted octanol–water partition coefficient (Wildman–Crippen LogP) is 3.34. The monoisotopic (exact) mass is 496 g/mol. The molecule has 7 heteroatoms. The van der Waals surface area contributed by atoms with Crippen LogP contribution in [0.2, 0.25) is 0 Å². The lowest BCUT2D eigenvalue weighted by Gasteiger charge is -2.38. The van der Waals surface area contributed by atoms with Crippen LogP contribution in [0.1, 0.15) is 29.9 Å². The third-order valence-electron chi connectivity index (χ3n) is 7.27. The molecule has 2 atom stereocenters. The Bertz CT molecular complexity index is 973. The van der Waals surface area contributed by atoms with E-state index in [1.165, 1.54) is 10.5 Å². The first-order valence-electron chi connectivity index (χ1n) is 11.4. The number of urea groups is 1. The largest absolute Gasteiger partial charge is 0.325 e. The Hall–Kier alpha value is -2.22. The van der Waals surface area contributed by atoms with E-state index in [9.17, 15) is 9.59 Å². The van der Waals surface area contributed by atoms with Crippen LogP contribution < -0.4 is 10.6 Å². The highest BCUT2D eigenvalue weighted by molar-refractivity contribution is 9.10. The van der Waals surface area contributed by atoms with Gasteiger partial charge in [-0.15, -0.1) is 0 Å². The third kappa shape index (κ3) is 4.21. The number of hydrogen-bond acceptors (Lipinski definition) is 4. The molecule has 168 valence electrons. The maximum absolute atomic E-state index is 13.3. The lowest BCUT2D eigenvalue weighted by atomic mass is 9.85. The predicted molar refractivity (Wildman–Crippen MR) is 127 cm³/mol. The second kappa shape index (κ2) is 8.96. The van der Waals surface area contributed by atoms with Crippen LogP contribution in [0, 0.1) is 5.92 Å². The van der Waals surface area contributed by atoms with E-state index in [1.807, 2.05) is 24.3 Å². The van der Waals surface area contributed by atoms with Crippen molar-refractivity contribution in [1.82, 2.24) is 20.4 Å². The summed E-state index contributed by atoms with van der Waals surface area (Å²) in [6.45, 7) is 5.04. The van der Waals surface area contributed by atoms with Gasteiger partial charge in [-0.3, -0.25) is 9.69 Å². The Morgan fingerprint density at radius 2 is 1.69 bits per heavy atom. The Balaban J connectivity index is 1.20. The molecule has 3 amide bonds. The quantitative estimate of drug-likeness (QED) is 0.623. The average Bonchev–Trinajstić information content (AvgIpc) is 3.36. The van der Waals surface area contributed by atoms with E-state index in [0.717, 1.165) is 42.8 Å². The summed E-state index contributed by atoms with van der Waals surface area (Å²) in [5, 5.41) is 6.60. The summed E-state index contributed by atoms with van der Waals surface area (Å²) in [5.74, 6) is 1.02. The van der Waals surface area contributed by atoms with Crippen LogP contribution in [0.25, 0.3) is 0 Å². The first-order chi connectivity index (χ1) is 15.5. The van der Waals surface area contributed by atoms with Gasteiger partial charge in [0, 0.05) is 36.6 Å². The molecule has 2 N–H and O–H groups in total. The third-order valence-corrected chi connectivity index (χ3v) is 7.80. The Labute approximate surface area is 197 Å². The van der Waals surface area contributed by atoms with Crippen LogP contribution in [0.5, 0.6) is 0 Å². The van der Waals surface area contributed by atoms with Gasteiger partial charge in [-0.05, 0) is 48.6 Å². The number of halogens is 1. The summed E-state index contributed by atoms with van der Waals surface area (Å²) in [4.78, 5) is 29.8. The number of piperidine rings is 1. The first-order valence-corrected chi connectivity index (χ1v) is 12.2. The van der Waals surface area contributed by atoms with Crippen molar-refractivity contribution in [3.8, 4) is 0 Å². The summed E-state index contributed by atoms with van der Waals surface area (Å²) >= 11 is 3.42. The highest BCUT2D eigenvalue weighted by Gasteiger charge is 2.52. The summed E-state index contributed by atoms with van der Waals surface area (Å²) in [6.07, 6.45) is 1.34. The lowest BCUT2D eigenvalue weighted by molar-refractivity contribution is -0.133. The fraction of sp³-hybridized carbons (Fsp3) is 0.440. The van der Waals surface area contributed by atoms with Gasteiger partial charge in [-0.2, -0.15) is 0 Å². The molecule has 32 heavy (non-hydrogen) atoms. The van der Waals surface area contributed by atoms with Gasteiger partial charge in [-0.25, -0.2) is 4.79 Å². The van der Waals surface area contributed by atoms with E-state index < -0.39 is 5.54 Å². The Kier molecular flexibility index (Phi) is 6.05. The molecule has 0 radical (unpaired) electrons. The highest BCUT2D eigenvalue weighted by atomic mass is 79.9. The molecule has 3 aliphatic heterocycles. The summed E-state index contributed by atoms with van der Waals surface area (Å²) < 4.78 is 0.981. The molecule has 0 aromatic heterocycles. The van der Waals surface area contributed by atoms with Crippen molar-refractivity contribution < 1.29 is 9.59 Å².